The number of aromatic amines is 1. The van der Waals surface area contributed by atoms with Gasteiger partial charge in [0.05, 0.1) is 24.3 Å². The highest BCUT2D eigenvalue weighted by Crippen LogP contribution is 2.29. The SMILES string of the molecule is C#CCN(CC1CC1)CC1Cc2nc[nH]c2CN1. The fourth-order valence-electron chi connectivity index (χ4n) is 2.67. The molecule has 1 atom stereocenters. The zero-order valence-electron chi connectivity index (χ0n) is 10.7. The van der Waals surface area contributed by atoms with Crippen molar-refractivity contribution < 1.29 is 0 Å². The fourth-order valence-corrected chi connectivity index (χ4v) is 2.67. The number of nitrogens with one attached hydrogen (secondary N) is 2. The van der Waals surface area contributed by atoms with Gasteiger partial charge < -0.3 is 10.3 Å². The van der Waals surface area contributed by atoms with Gasteiger partial charge in [0.25, 0.3) is 0 Å². The molecule has 0 saturated heterocycles. The van der Waals surface area contributed by atoms with Crippen LogP contribution in [0.15, 0.2) is 6.33 Å². The van der Waals surface area contributed by atoms with Gasteiger partial charge in [-0.3, -0.25) is 4.90 Å². The summed E-state index contributed by atoms with van der Waals surface area (Å²) >= 11 is 0. The molecule has 1 unspecified atom stereocenters. The molecule has 4 heteroatoms. The van der Waals surface area contributed by atoms with Crippen molar-refractivity contribution in [3.63, 3.8) is 0 Å². The minimum atomic E-state index is 0.480. The molecule has 2 N–H and O–H groups in total. The van der Waals surface area contributed by atoms with Crippen molar-refractivity contribution in [3.05, 3.63) is 17.7 Å². The first-order chi connectivity index (χ1) is 8.85. The summed E-state index contributed by atoms with van der Waals surface area (Å²) in [7, 11) is 0. The van der Waals surface area contributed by atoms with E-state index in [1.165, 1.54) is 24.2 Å². The van der Waals surface area contributed by atoms with Crippen molar-refractivity contribution in [2.24, 2.45) is 5.92 Å². The van der Waals surface area contributed by atoms with Crippen LogP contribution in [0.5, 0.6) is 0 Å². The quantitative estimate of drug-likeness (QED) is 0.752. The van der Waals surface area contributed by atoms with E-state index in [1.54, 1.807) is 6.33 Å². The van der Waals surface area contributed by atoms with Crippen molar-refractivity contribution in [1.82, 2.24) is 20.2 Å². The molecule has 18 heavy (non-hydrogen) atoms. The molecule has 1 aliphatic heterocycles. The maximum atomic E-state index is 5.46. The number of hydrogen-bond acceptors (Lipinski definition) is 3. The molecule has 1 aromatic heterocycles. The first kappa shape index (κ1) is 11.8. The average molecular weight is 244 g/mol. The molecule has 1 aliphatic carbocycles. The molecule has 0 amide bonds. The number of terminal acetylenes is 1. The lowest BCUT2D eigenvalue weighted by Gasteiger charge is -2.29. The first-order valence-electron chi connectivity index (χ1n) is 6.75. The molecular formula is C14H20N4. The number of imidazole rings is 1. The van der Waals surface area contributed by atoms with Gasteiger partial charge in [-0.05, 0) is 18.8 Å². The Labute approximate surface area is 108 Å². The molecule has 1 aromatic rings. The Balaban J connectivity index is 1.56. The number of nitrogens with zero attached hydrogens (tertiary/aromatic N) is 2. The summed E-state index contributed by atoms with van der Waals surface area (Å²) in [6.07, 6.45) is 11.0. The lowest BCUT2D eigenvalue weighted by atomic mass is 10.0. The van der Waals surface area contributed by atoms with E-state index in [1.807, 2.05) is 0 Å². The number of H-pyrrole nitrogens is 1. The maximum Gasteiger partial charge on any atom is 0.0925 e. The van der Waals surface area contributed by atoms with Crippen LogP contribution in [0.1, 0.15) is 24.2 Å². The Morgan fingerprint density at radius 2 is 2.33 bits per heavy atom. The van der Waals surface area contributed by atoms with Crippen molar-refractivity contribution >= 4 is 0 Å². The van der Waals surface area contributed by atoms with Gasteiger partial charge in [0.15, 0.2) is 0 Å². The number of aromatic nitrogens is 2. The van der Waals surface area contributed by atoms with Gasteiger partial charge in [-0.1, -0.05) is 5.92 Å². The van der Waals surface area contributed by atoms with Crippen LogP contribution in [0, 0.1) is 18.3 Å². The van der Waals surface area contributed by atoms with E-state index < -0.39 is 0 Å². The summed E-state index contributed by atoms with van der Waals surface area (Å²) in [5.41, 5.74) is 2.45. The standard InChI is InChI=1S/C14H20N4/c1-2-5-18(8-11-3-4-11)9-12-6-13-14(7-15-12)17-10-16-13/h1,10-12,15H,3-9H2,(H,16,17). The second-order valence-electron chi connectivity index (χ2n) is 5.45. The molecule has 96 valence electrons. The second kappa shape index (κ2) is 5.13. The van der Waals surface area contributed by atoms with Crippen LogP contribution in [0.2, 0.25) is 0 Å². The Morgan fingerprint density at radius 1 is 1.44 bits per heavy atom. The van der Waals surface area contributed by atoms with E-state index in [0.717, 1.165) is 38.5 Å². The molecule has 0 aromatic carbocycles. The van der Waals surface area contributed by atoms with Crippen molar-refractivity contribution in [3.8, 4) is 12.3 Å². The summed E-state index contributed by atoms with van der Waals surface area (Å²) in [6.45, 7) is 3.86. The smallest absolute Gasteiger partial charge is 0.0925 e. The van der Waals surface area contributed by atoms with Crippen LogP contribution in [0.4, 0.5) is 0 Å². The van der Waals surface area contributed by atoms with Crippen LogP contribution >= 0.6 is 0 Å². The third-order valence-corrected chi connectivity index (χ3v) is 3.82. The molecule has 1 fully saturated rings. The second-order valence-corrected chi connectivity index (χ2v) is 5.45. The predicted octanol–water partition coefficient (Wildman–Crippen LogP) is 0.769. The van der Waals surface area contributed by atoms with Gasteiger partial charge in [-0.2, -0.15) is 0 Å². The Kier molecular flexibility index (Phi) is 3.35. The van der Waals surface area contributed by atoms with Crippen LogP contribution in [-0.4, -0.2) is 40.5 Å². The van der Waals surface area contributed by atoms with Gasteiger partial charge in [-0.15, -0.1) is 6.42 Å². The zero-order chi connectivity index (χ0) is 12.4. The van der Waals surface area contributed by atoms with Crippen molar-refractivity contribution in [2.45, 2.75) is 31.8 Å². The van der Waals surface area contributed by atoms with Crippen LogP contribution in [0.25, 0.3) is 0 Å². The zero-order valence-corrected chi connectivity index (χ0v) is 10.7. The van der Waals surface area contributed by atoms with E-state index in [-0.39, 0.29) is 0 Å². The monoisotopic (exact) mass is 244 g/mol. The van der Waals surface area contributed by atoms with Gasteiger partial charge in [0.2, 0.25) is 0 Å². The molecule has 4 nitrogen and oxygen atoms in total. The molecule has 2 aliphatic rings. The lowest BCUT2D eigenvalue weighted by molar-refractivity contribution is 0.250. The minimum absolute atomic E-state index is 0.480. The largest absolute Gasteiger partial charge is 0.347 e. The Bertz CT molecular complexity index is 441. The predicted molar refractivity (Wildman–Crippen MR) is 70.9 cm³/mol. The third kappa shape index (κ3) is 2.74. The number of fused-ring (bicyclic) bond motifs is 1. The summed E-state index contributed by atoms with van der Waals surface area (Å²) in [5, 5.41) is 3.56. The van der Waals surface area contributed by atoms with E-state index in [2.05, 4.69) is 26.1 Å². The van der Waals surface area contributed by atoms with Crippen molar-refractivity contribution in [1.29, 1.82) is 0 Å². The number of hydrogen-bond donors (Lipinski definition) is 2. The Morgan fingerprint density at radius 3 is 3.11 bits per heavy atom. The molecule has 2 heterocycles. The van der Waals surface area contributed by atoms with E-state index in [9.17, 15) is 0 Å². The van der Waals surface area contributed by atoms with Gasteiger partial charge in [-0.25, -0.2) is 4.98 Å². The highest BCUT2D eigenvalue weighted by Gasteiger charge is 2.27. The average Bonchev–Trinajstić information content (AvgIpc) is 3.05. The maximum absolute atomic E-state index is 5.46. The van der Waals surface area contributed by atoms with E-state index >= 15 is 0 Å². The minimum Gasteiger partial charge on any atom is -0.347 e. The van der Waals surface area contributed by atoms with E-state index in [0.29, 0.717) is 6.04 Å². The third-order valence-electron chi connectivity index (χ3n) is 3.82. The molecule has 0 radical (unpaired) electrons. The molecule has 0 spiro atoms. The van der Waals surface area contributed by atoms with Gasteiger partial charge >= 0.3 is 0 Å². The topological polar surface area (TPSA) is 44.0 Å². The molecule has 0 bridgehead atoms. The molecule has 1 saturated carbocycles. The highest BCUT2D eigenvalue weighted by atomic mass is 15.2. The van der Waals surface area contributed by atoms with Crippen LogP contribution in [-0.2, 0) is 13.0 Å². The van der Waals surface area contributed by atoms with Crippen molar-refractivity contribution in [2.75, 3.05) is 19.6 Å². The summed E-state index contributed by atoms with van der Waals surface area (Å²) in [6, 6.07) is 0.480. The normalized spacial score (nSPS) is 22.8. The summed E-state index contributed by atoms with van der Waals surface area (Å²) < 4.78 is 0. The summed E-state index contributed by atoms with van der Waals surface area (Å²) in [4.78, 5) is 9.97. The van der Waals surface area contributed by atoms with Crippen LogP contribution < -0.4 is 5.32 Å². The fraction of sp³-hybridized carbons (Fsp3) is 0.643. The van der Waals surface area contributed by atoms with Gasteiger partial charge in [0.1, 0.15) is 0 Å². The van der Waals surface area contributed by atoms with E-state index in [4.69, 9.17) is 6.42 Å². The Hall–Kier alpha value is -1.31. The number of rotatable bonds is 5. The first-order valence-corrected chi connectivity index (χ1v) is 6.75. The highest BCUT2D eigenvalue weighted by molar-refractivity contribution is 5.16. The lowest BCUT2D eigenvalue weighted by Crippen LogP contribution is -2.45. The van der Waals surface area contributed by atoms with Crippen LogP contribution in [0.3, 0.4) is 0 Å². The molecular weight excluding hydrogens is 224 g/mol. The molecule has 3 rings (SSSR count). The summed E-state index contributed by atoms with van der Waals surface area (Å²) in [5.74, 6) is 3.67. The van der Waals surface area contributed by atoms with Gasteiger partial charge in [0, 0.05) is 32.1 Å².